The van der Waals surface area contributed by atoms with Crippen LogP contribution in [0.1, 0.15) is 29.4 Å². The van der Waals surface area contributed by atoms with Gasteiger partial charge in [-0.3, -0.25) is 4.79 Å². The van der Waals surface area contributed by atoms with Gasteiger partial charge in [0.1, 0.15) is 0 Å². The molecule has 0 aliphatic rings. The Kier molecular flexibility index (Phi) is 4.59. The van der Waals surface area contributed by atoms with Crippen LogP contribution < -0.4 is 4.31 Å². The van der Waals surface area contributed by atoms with Crippen LogP contribution in [-0.4, -0.2) is 30.7 Å². The predicted octanol–water partition coefficient (Wildman–Crippen LogP) is 2.45. The van der Waals surface area contributed by atoms with Crippen LogP contribution >= 0.6 is 0 Å². The van der Waals surface area contributed by atoms with E-state index < -0.39 is 15.7 Å². The first kappa shape index (κ1) is 18.2. The SMILES string of the molecule is Cc1cc(C)n(C(C)(C=O)N(c2c(C)cccc2C)S(C)(=O)=O)n1. The highest BCUT2D eigenvalue weighted by molar-refractivity contribution is 7.92. The summed E-state index contributed by atoms with van der Waals surface area (Å²) in [6.45, 7) is 8.82. The van der Waals surface area contributed by atoms with Crippen LogP contribution in [0.2, 0.25) is 0 Å². The molecule has 1 aromatic heterocycles. The largest absolute Gasteiger partial charge is 0.298 e. The first-order valence-electron chi connectivity index (χ1n) is 7.59. The van der Waals surface area contributed by atoms with Crippen LogP contribution in [0, 0.1) is 27.7 Å². The summed E-state index contributed by atoms with van der Waals surface area (Å²) in [6, 6.07) is 7.32. The first-order chi connectivity index (χ1) is 11.0. The second-order valence-corrected chi connectivity index (χ2v) is 8.15. The van der Waals surface area contributed by atoms with Gasteiger partial charge in [-0.15, -0.1) is 0 Å². The van der Waals surface area contributed by atoms with E-state index in [1.54, 1.807) is 20.8 Å². The van der Waals surface area contributed by atoms with Crippen LogP contribution in [0.25, 0.3) is 0 Å². The highest BCUT2D eigenvalue weighted by Crippen LogP contribution is 2.35. The van der Waals surface area contributed by atoms with Crippen molar-refractivity contribution in [2.45, 2.75) is 40.3 Å². The van der Waals surface area contributed by atoms with Crippen molar-refractivity contribution in [3.8, 4) is 0 Å². The number of aldehydes is 1. The molecule has 0 amide bonds. The molecule has 0 spiro atoms. The number of sulfonamides is 1. The molecular weight excluding hydrogens is 326 g/mol. The van der Waals surface area contributed by atoms with Crippen LogP contribution in [0.15, 0.2) is 24.3 Å². The third-order valence-electron chi connectivity index (χ3n) is 4.05. The number of hydrogen-bond acceptors (Lipinski definition) is 4. The van der Waals surface area contributed by atoms with Gasteiger partial charge in [-0.05, 0) is 51.8 Å². The molecule has 2 rings (SSSR count). The smallest absolute Gasteiger partial charge is 0.234 e. The zero-order valence-corrected chi connectivity index (χ0v) is 15.7. The molecule has 1 aromatic carbocycles. The van der Waals surface area contributed by atoms with Crippen molar-refractivity contribution in [1.82, 2.24) is 9.78 Å². The minimum Gasteiger partial charge on any atom is -0.298 e. The van der Waals surface area contributed by atoms with E-state index in [4.69, 9.17) is 0 Å². The van der Waals surface area contributed by atoms with Crippen molar-refractivity contribution in [3.63, 3.8) is 0 Å². The molecule has 1 atom stereocenters. The topological polar surface area (TPSA) is 72.3 Å². The van der Waals surface area contributed by atoms with E-state index in [1.165, 1.54) is 4.68 Å². The Hall–Kier alpha value is -2.15. The maximum Gasteiger partial charge on any atom is 0.234 e. The Morgan fingerprint density at radius 3 is 2.08 bits per heavy atom. The lowest BCUT2D eigenvalue weighted by atomic mass is 10.1. The lowest BCUT2D eigenvalue weighted by Crippen LogP contribution is -2.54. The minimum atomic E-state index is -3.75. The number of rotatable bonds is 5. The number of carbonyl (C=O) groups is 1. The molecule has 130 valence electrons. The number of benzene rings is 1. The standard InChI is InChI=1S/C17H23N3O3S/c1-12-8-7-9-13(2)16(12)20(24(6,22)23)17(5,11-21)19-15(4)10-14(3)18-19/h7-11H,1-6H3. The predicted molar refractivity (Wildman–Crippen MR) is 94.7 cm³/mol. The van der Waals surface area contributed by atoms with Gasteiger partial charge in [0, 0.05) is 5.69 Å². The fourth-order valence-electron chi connectivity index (χ4n) is 3.12. The molecule has 0 radical (unpaired) electrons. The summed E-state index contributed by atoms with van der Waals surface area (Å²) in [4.78, 5) is 12.1. The van der Waals surface area contributed by atoms with Crippen LogP contribution in [0.5, 0.6) is 0 Å². The maximum absolute atomic E-state index is 12.7. The molecule has 0 N–H and O–H groups in total. The van der Waals surface area contributed by atoms with Gasteiger partial charge in [-0.25, -0.2) is 17.4 Å². The average Bonchev–Trinajstić information content (AvgIpc) is 2.80. The molecule has 0 aliphatic heterocycles. The number of nitrogens with zero attached hydrogens (tertiary/aromatic N) is 3. The van der Waals surface area contributed by atoms with Crippen molar-refractivity contribution in [2.75, 3.05) is 10.6 Å². The zero-order chi connectivity index (χ0) is 18.3. The van der Waals surface area contributed by atoms with Gasteiger partial charge >= 0.3 is 0 Å². The Morgan fingerprint density at radius 1 is 1.17 bits per heavy atom. The van der Waals surface area contributed by atoms with Crippen molar-refractivity contribution >= 4 is 22.0 Å². The van der Waals surface area contributed by atoms with Crippen molar-refractivity contribution < 1.29 is 13.2 Å². The third-order valence-corrected chi connectivity index (χ3v) is 5.26. The van der Waals surface area contributed by atoms with E-state index in [0.717, 1.165) is 27.4 Å². The van der Waals surface area contributed by atoms with E-state index >= 15 is 0 Å². The summed E-state index contributed by atoms with van der Waals surface area (Å²) >= 11 is 0. The Labute approximate surface area is 143 Å². The maximum atomic E-state index is 12.7. The second kappa shape index (κ2) is 6.05. The van der Waals surface area contributed by atoms with Crippen LogP contribution in [-0.2, 0) is 20.5 Å². The molecule has 1 heterocycles. The molecule has 24 heavy (non-hydrogen) atoms. The molecular formula is C17H23N3O3S. The van der Waals surface area contributed by atoms with Gasteiger partial charge < -0.3 is 0 Å². The minimum absolute atomic E-state index is 0.502. The number of aryl methyl sites for hydroxylation is 4. The molecule has 0 aliphatic carbocycles. The fraction of sp³-hybridized carbons (Fsp3) is 0.412. The molecule has 0 fully saturated rings. The Balaban J connectivity index is 2.85. The molecule has 6 nitrogen and oxygen atoms in total. The third kappa shape index (κ3) is 2.96. The molecule has 7 heteroatoms. The first-order valence-corrected chi connectivity index (χ1v) is 9.44. The van der Waals surface area contributed by atoms with Crippen molar-refractivity contribution in [1.29, 1.82) is 0 Å². The molecule has 0 saturated heterocycles. The van der Waals surface area contributed by atoms with Crippen molar-refractivity contribution in [2.24, 2.45) is 0 Å². The zero-order valence-electron chi connectivity index (χ0n) is 14.9. The van der Waals surface area contributed by atoms with Crippen LogP contribution in [0.4, 0.5) is 5.69 Å². The summed E-state index contributed by atoms with van der Waals surface area (Å²) in [6.07, 6.45) is 1.73. The number of para-hydroxylation sites is 1. The molecule has 0 bridgehead atoms. The highest BCUT2D eigenvalue weighted by Gasteiger charge is 2.42. The van der Waals surface area contributed by atoms with E-state index in [9.17, 15) is 13.2 Å². The van der Waals surface area contributed by atoms with Gasteiger partial charge in [0.15, 0.2) is 6.29 Å². The van der Waals surface area contributed by atoms with Crippen LogP contribution in [0.3, 0.4) is 0 Å². The van der Waals surface area contributed by atoms with Gasteiger partial charge in [-0.2, -0.15) is 5.10 Å². The Morgan fingerprint density at radius 2 is 1.71 bits per heavy atom. The van der Waals surface area contributed by atoms with E-state index in [2.05, 4.69) is 5.10 Å². The monoisotopic (exact) mass is 349 g/mol. The van der Waals surface area contributed by atoms with E-state index in [0.29, 0.717) is 17.7 Å². The Bertz CT molecular complexity index is 866. The van der Waals surface area contributed by atoms with Gasteiger partial charge in [0.2, 0.25) is 15.7 Å². The second-order valence-electron chi connectivity index (χ2n) is 6.32. The molecule has 0 saturated carbocycles. The van der Waals surface area contributed by atoms with Gasteiger partial charge in [-0.1, -0.05) is 18.2 Å². The number of hydrogen-bond donors (Lipinski definition) is 0. The van der Waals surface area contributed by atoms with Gasteiger partial charge in [0.05, 0.1) is 17.6 Å². The van der Waals surface area contributed by atoms with E-state index in [-0.39, 0.29) is 0 Å². The number of carbonyl (C=O) groups excluding carboxylic acids is 1. The highest BCUT2D eigenvalue weighted by atomic mass is 32.2. The number of aromatic nitrogens is 2. The lowest BCUT2D eigenvalue weighted by Gasteiger charge is -2.39. The summed E-state index contributed by atoms with van der Waals surface area (Å²) < 4.78 is 27.9. The summed E-state index contributed by atoms with van der Waals surface area (Å²) in [5, 5.41) is 4.35. The van der Waals surface area contributed by atoms with E-state index in [1.807, 2.05) is 38.1 Å². The summed E-state index contributed by atoms with van der Waals surface area (Å²) in [5.41, 5.74) is 1.98. The number of anilines is 1. The fourth-order valence-corrected chi connectivity index (χ4v) is 4.54. The quantitative estimate of drug-likeness (QED) is 0.777. The molecule has 2 aromatic rings. The lowest BCUT2D eigenvalue weighted by molar-refractivity contribution is -0.114. The normalized spacial score (nSPS) is 14.2. The molecule has 1 unspecified atom stereocenters. The summed E-state index contributed by atoms with van der Waals surface area (Å²) in [5.74, 6) is 0. The summed E-state index contributed by atoms with van der Waals surface area (Å²) in [7, 11) is -3.75. The van der Waals surface area contributed by atoms with Gasteiger partial charge in [0.25, 0.3) is 0 Å². The average molecular weight is 349 g/mol. The van der Waals surface area contributed by atoms with Crippen molar-refractivity contribution in [3.05, 3.63) is 46.8 Å².